The van der Waals surface area contributed by atoms with E-state index >= 15 is 0 Å². The van der Waals surface area contributed by atoms with Crippen molar-refractivity contribution in [3.05, 3.63) is 90.1 Å². The van der Waals surface area contributed by atoms with Crippen LogP contribution in [0.15, 0.2) is 84.0 Å². The van der Waals surface area contributed by atoms with Gasteiger partial charge in [-0.05, 0) is 48.2 Å². The van der Waals surface area contributed by atoms with Crippen LogP contribution in [0.1, 0.15) is 68.3 Å². The van der Waals surface area contributed by atoms with Crippen molar-refractivity contribution in [1.82, 2.24) is 10.5 Å². The fraction of sp³-hybridized carbons (Fsp3) is 0.367. The Labute approximate surface area is 233 Å². The van der Waals surface area contributed by atoms with E-state index in [-0.39, 0.29) is 24.0 Å². The highest BCUT2D eigenvalue weighted by Gasteiger charge is 2.32. The van der Waals surface area contributed by atoms with Gasteiger partial charge in [0, 0.05) is 31.1 Å². The Balaban J connectivity index is 1.30. The van der Waals surface area contributed by atoms with Gasteiger partial charge in [0.05, 0.1) is 23.0 Å². The van der Waals surface area contributed by atoms with Crippen LogP contribution in [0.25, 0.3) is 0 Å². The average molecular weight is 550 g/mol. The molecule has 3 atom stereocenters. The fourth-order valence-electron chi connectivity index (χ4n) is 4.45. The number of rotatable bonds is 13. The Morgan fingerprint density at radius 1 is 0.821 bits per heavy atom. The number of amides is 2. The molecule has 1 aromatic heterocycles. The molecule has 3 N–H and O–H groups in total. The van der Waals surface area contributed by atoms with Crippen LogP contribution in [0.3, 0.4) is 0 Å². The number of ether oxygens (including phenoxy) is 2. The second kappa shape index (κ2) is 15.4. The number of carbonyl (C=O) groups excluding carboxylic acids is 2. The molecule has 0 spiro atoms. The zero-order valence-electron chi connectivity index (χ0n) is 21.8. The first-order valence-corrected chi connectivity index (χ1v) is 14.3. The molecule has 2 aromatic carbocycles. The highest BCUT2D eigenvalue weighted by Crippen LogP contribution is 2.39. The lowest BCUT2D eigenvalue weighted by Gasteiger charge is -2.36. The molecule has 4 rings (SSSR count). The van der Waals surface area contributed by atoms with Crippen LogP contribution in [0.5, 0.6) is 0 Å². The molecular weight excluding hydrogens is 514 g/mol. The molecule has 0 aliphatic carbocycles. The van der Waals surface area contributed by atoms with Crippen molar-refractivity contribution in [2.45, 2.75) is 68.5 Å². The number of unbranched alkanes of at least 4 members (excludes halogenated alkanes) is 3. The van der Waals surface area contributed by atoms with Gasteiger partial charge in [0.2, 0.25) is 11.8 Å². The summed E-state index contributed by atoms with van der Waals surface area (Å²) in [7, 11) is 0. The molecule has 206 valence electrons. The molecule has 2 amide bonds. The van der Waals surface area contributed by atoms with Gasteiger partial charge in [-0.1, -0.05) is 61.4 Å². The van der Waals surface area contributed by atoms with E-state index in [9.17, 15) is 9.59 Å². The van der Waals surface area contributed by atoms with E-state index in [1.54, 1.807) is 23.4 Å². The zero-order valence-corrected chi connectivity index (χ0v) is 22.6. The second-order valence-corrected chi connectivity index (χ2v) is 10.5. The van der Waals surface area contributed by atoms with Crippen molar-refractivity contribution < 1.29 is 24.3 Å². The van der Waals surface area contributed by atoms with Crippen LogP contribution in [-0.2, 0) is 19.1 Å². The highest BCUT2D eigenvalue weighted by molar-refractivity contribution is 7.99. The van der Waals surface area contributed by atoms with Crippen LogP contribution in [0, 0.1) is 0 Å². The molecule has 2 heterocycles. The molecule has 9 heteroatoms. The van der Waals surface area contributed by atoms with Crippen molar-refractivity contribution in [1.29, 1.82) is 0 Å². The van der Waals surface area contributed by atoms with E-state index in [4.69, 9.17) is 14.7 Å². The molecule has 39 heavy (non-hydrogen) atoms. The first-order valence-electron chi connectivity index (χ1n) is 13.3. The summed E-state index contributed by atoms with van der Waals surface area (Å²) in [5.74, 6) is 0.213. The van der Waals surface area contributed by atoms with E-state index in [0.717, 1.165) is 41.1 Å². The van der Waals surface area contributed by atoms with E-state index in [0.29, 0.717) is 31.4 Å². The minimum absolute atomic E-state index is 0.0334. The summed E-state index contributed by atoms with van der Waals surface area (Å²) in [5, 5.41) is 12.4. The first kappa shape index (κ1) is 28.8. The Kier molecular flexibility index (Phi) is 11.3. The average Bonchev–Trinajstić information content (AvgIpc) is 2.99. The predicted octanol–water partition coefficient (Wildman–Crippen LogP) is 6.20. The van der Waals surface area contributed by atoms with Gasteiger partial charge >= 0.3 is 0 Å². The number of carbonyl (C=O) groups is 2. The molecule has 1 saturated heterocycles. The van der Waals surface area contributed by atoms with Gasteiger partial charge in [0.25, 0.3) is 0 Å². The van der Waals surface area contributed by atoms with Gasteiger partial charge in [-0.2, -0.15) is 0 Å². The van der Waals surface area contributed by atoms with E-state index in [1.165, 1.54) is 0 Å². The van der Waals surface area contributed by atoms with Crippen LogP contribution in [0.2, 0.25) is 0 Å². The highest BCUT2D eigenvalue weighted by atomic mass is 32.2. The minimum atomic E-state index is -0.390. The maximum atomic E-state index is 12.4. The quantitative estimate of drug-likeness (QED) is 0.101. The third-order valence-corrected chi connectivity index (χ3v) is 7.46. The molecule has 1 aliphatic rings. The summed E-state index contributed by atoms with van der Waals surface area (Å²) in [4.78, 5) is 27.8. The SMILES string of the molecule is O=C(CCCCCCC(=O)Nc1ccc(C2CC(c3ccccc3)OC(CSc3ccccn3)O2)cc1)NO. The third kappa shape index (κ3) is 9.47. The number of nitrogens with one attached hydrogen (secondary N) is 2. The number of aromatic nitrogens is 1. The number of anilines is 1. The largest absolute Gasteiger partial charge is 0.344 e. The van der Waals surface area contributed by atoms with Gasteiger partial charge in [-0.25, -0.2) is 10.5 Å². The summed E-state index contributed by atoms with van der Waals surface area (Å²) < 4.78 is 12.7. The van der Waals surface area contributed by atoms with Crippen molar-refractivity contribution in [3.8, 4) is 0 Å². The van der Waals surface area contributed by atoms with Crippen molar-refractivity contribution in [2.24, 2.45) is 0 Å². The normalized spacial score (nSPS) is 18.8. The van der Waals surface area contributed by atoms with Crippen molar-refractivity contribution in [3.63, 3.8) is 0 Å². The van der Waals surface area contributed by atoms with Gasteiger partial charge in [0.1, 0.15) is 0 Å². The summed E-state index contributed by atoms with van der Waals surface area (Å²) in [6, 6.07) is 23.9. The van der Waals surface area contributed by atoms with Crippen LogP contribution in [-0.4, -0.2) is 34.0 Å². The lowest BCUT2D eigenvalue weighted by molar-refractivity contribution is -0.236. The molecule has 8 nitrogen and oxygen atoms in total. The van der Waals surface area contributed by atoms with E-state index in [2.05, 4.69) is 22.4 Å². The van der Waals surface area contributed by atoms with Crippen molar-refractivity contribution in [2.75, 3.05) is 11.1 Å². The van der Waals surface area contributed by atoms with Crippen LogP contribution < -0.4 is 10.8 Å². The maximum Gasteiger partial charge on any atom is 0.243 e. The molecule has 1 aliphatic heterocycles. The van der Waals surface area contributed by atoms with Gasteiger partial charge in [-0.3, -0.25) is 14.8 Å². The number of nitrogens with zero attached hydrogens (tertiary/aromatic N) is 1. The number of pyridine rings is 1. The maximum absolute atomic E-state index is 12.4. The Morgan fingerprint density at radius 2 is 1.46 bits per heavy atom. The molecule has 0 radical (unpaired) electrons. The van der Waals surface area contributed by atoms with Crippen LogP contribution >= 0.6 is 11.8 Å². The Bertz CT molecular complexity index is 1160. The van der Waals surface area contributed by atoms with E-state index in [1.807, 2.05) is 60.7 Å². The number of thioether (sulfide) groups is 1. The monoisotopic (exact) mass is 549 g/mol. The van der Waals surface area contributed by atoms with E-state index < -0.39 is 6.29 Å². The second-order valence-electron chi connectivity index (χ2n) is 9.42. The van der Waals surface area contributed by atoms with Gasteiger partial charge in [0.15, 0.2) is 6.29 Å². The summed E-state index contributed by atoms with van der Waals surface area (Å²) in [6.45, 7) is 0. The third-order valence-electron chi connectivity index (χ3n) is 6.49. The Morgan fingerprint density at radius 3 is 2.10 bits per heavy atom. The predicted molar refractivity (Wildman–Crippen MR) is 150 cm³/mol. The number of hydrogen-bond donors (Lipinski definition) is 3. The van der Waals surface area contributed by atoms with Gasteiger partial charge < -0.3 is 14.8 Å². The molecule has 3 unspecified atom stereocenters. The number of hydrogen-bond acceptors (Lipinski definition) is 7. The summed E-state index contributed by atoms with van der Waals surface area (Å²) in [5.41, 5.74) is 4.54. The number of hydroxylamine groups is 1. The molecule has 1 fully saturated rings. The number of benzene rings is 2. The lowest BCUT2D eigenvalue weighted by Crippen LogP contribution is -2.31. The fourth-order valence-corrected chi connectivity index (χ4v) is 5.22. The molecule has 0 saturated carbocycles. The minimum Gasteiger partial charge on any atom is -0.344 e. The first-order chi connectivity index (χ1) is 19.1. The smallest absolute Gasteiger partial charge is 0.243 e. The lowest BCUT2D eigenvalue weighted by atomic mass is 9.97. The molecule has 0 bridgehead atoms. The molecular formula is C30H35N3O5S. The summed E-state index contributed by atoms with van der Waals surface area (Å²) >= 11 is 1.61. The topological polar surface area (TPSA) is 110 Å². The summed E-state index contributed by atoms with van der Waals surface area (Å²) in [6.07, 6.45) is 5.71. The standard InChI is InChI=1S/C30H35N3O5S/c34-27(12-6-1-2-7-13-28(35)33-36)32-24-17-15-23(16-18-24)26-20-25(22-10-4-3-5-11-22)37-30(38-26)21-39-29-14-8-9-19-31-29/h3-5,8-11,14-19,25-26,30,36H,1-2,6-7,12-13,20-21H2,(H,32,34)(H,33,35). The molecule has 3 aromatic rings. The zero-order chi connectivity index (χ0) is 27.3. The van der Waals surface area contributed by atoms with Crippen LogP contribution in [0.4, 0.5) is 5.69 Å². The van der Waals surface area contributed by atoms with Crippen molar-refractivity contribution >= 4 is 29.3 Å². The van der Waals surface area contributed by atoms with Gasteiger partial charge in [-0.15, -0.1) is 11.8 Å². The Hall–Kier alpha value is -3.24.